The lowest BCUT2D eigenvalue weighted by Crippen LogP contribution is -2.44. The molecule has 4 amide bonds. The van der Waals surface area contributed by atoms with Gasteiger partial charge < -0.3 is 9.47 Å². The lowest BCUT2D eigenvalue weighted by molar-refractivity contribution is -0.124. The van der Waals surface area contributed by atoms with Gasteiger partial charge in [-0.1, -0.05) is 43.3 Å². The molecule has 0 aliphatic carbocycles. The second kappa shape index (κ2) is 9.30. The molecule has 2 aromatic carbocycles. The Bertz CT molecular complexity index is 1250. The molecule has 2 N–H and O–H groups in total. The third-order valence-electron chi connectivity index (χ3n) is 6.01. The zero-order valence-corrected chi connectivity index (χ0v) is 18.6. The number of fused-ring (bicyclic) bond motifs is 3. The summed E-state index contributed by atoms with van der Waals surface area (Å²) in [4.78, 5) is 38.0. The number of benzene rings is 2. The number of rotatable bonds is 5. The average molecular weight is 447 g/mol. The van der Waals surface area contributed by atoms with E-state index in [4.69, 9.17) is 5.21 Å². The van der Waals surface area contributed by atoms with E-state index < -0.39 is 5.91 Å². The molecule has 0 radical (unpaired) electrons. The van der Waals surface area contributed by atoms with Gasteiger partial charge in [0.05, 0.1) is 6.54 Å². The zero-order valence-electron chi connectivity index (χ0n) is 18.6. The number of amides is 4. The van der Waals surface area contributed by atoms with E-state index >= 15 is 0 Å². The summed E-state index contributed by atoms with van der Waals surface area (Å²) in [5.41, 5.74) is 6.83. The minimum absolute atomic E-state index is 0.121. The van der Waals surface area contributed by atoms with Crippen molar-refractivity contribution in [2.45, 2.75) is 25.9 Å². The number of nitrogens with zero attached hydrogens (tertiary/aromatic N) is 3. The molecule has 170 valence electrons. The quantitative estimate of drug-likeness (QED) is 0.272. The number of hydrogen-bond acceptors (Lipinski definition) is 4. The van der Waals surface area contributed by atoms with Crippen molar-refractivity contribution in [3.05, 3.63) is 77.0 Å². The first-order valence-electron chi connectivity index (χ1n) is 10.7. The van der Waals surface area contributed by atoms with Crippen molar-refractivity contribution in [2.24, 2.45) is 0 Å². The Labute approximate surface area is 191 Å². The van der Waals surface area contributed by atoms with Gasteiger partial charge in [-0.2, -0.15) is 0 Å². The van der Waals surface area contributed by atoms with Crippen LogP contribution in [0.3, 0.4) is 0 Å². The van der Waals surface area contributed by atoms with E-state index in [1.165, 1.54) is 24.1 Å². The fraction of sp³-hybridized carbons (Fsp3) is 0.240. The number of para-hydroxylation sites is 1. The topological polar surface area (TPSA) is 94.9 Å². The number of carbonyl (C=O) groups excluding carboxylic acids is 3. The highest BCUT2D eigenvalue weighted by Gasteiger charge is 2.32. The summed E-state index contributed by atoms with van der Waals surface area (Å²) in [6, 6.07) is 15.7. The fourth-order valence-corrected chi connectivity index (χ4v) is 4.55. The minimum atomic E-state index is -0.593. The zero-order chi connectivity index (χ0) is 23.5. The third kappa shape index (κ3) is 4.38. The van der Waals surface area contributed by atoms with Crippen molar-refractivity contribution in [1.82, 2.24) is 19.8 Å². The molecule has 1 aliphatic rings. The maximum Gasteiger partial charge on any atom is 0.326 e. The van der Waals surface area contributed by atoms with Crippen LogP contribution in [0, 0.1) is 0 Å². The SMILES string of the molecule is CC1CN(C(=O)N(C)C=O)Cc2c1c1ccccc1n2Cc1cccc(/C=C/C(=O)NO)c1. The van der Waals surface area contributed by atoms with Crippen LogP contribution >= 0.6 is 0 Å². The van der Waals surface area contributed by atoms with Gasteiger partial charge in [0.1, 0.15) is 0 Å². The minimum Gasteiger partial charge on any atom is -0.338 e. The number of hydroxylamine groups is 1. The second-order valence-corrected chi connectivity index (χ2v) is 8.30. The second-order valence-electron chi connectivity index (χ2n) is 8.30. The standard InChI is InChI=1S/C25H26N4O4/c1-17-13-28(25(32)27(2)16-30)15-22-24(17)20-8-3-4-9-21(20)29(22)14-19-7-5-6-18(12-19)10-11-23(31)26-33/h3-12,16-17,33H,13-15H2,1-2H3,(H,26,31)/b11-10+. The predicted molar refractivity (Wildman–Crippen MR) is 124 cm³/mol. The van der Waals surface area contributed by atoms with Gasteiger partial charge in [-0.3, -0.25) is 19.7 Å². The van der Waals surface area contributed by atoms with Gasteiger partial charge in [0.25, 0.3) is 5.91 Å². The molecule has 2 heterocycles. The van der Waals surface area contributed by atoms with Gasteiger partial charge in [-0.25, -0.2) is 10.3 Å². The maximum absolute atomic E-state index is 12.7. The van der Waals surface area contributed by atoms with Crippen LogP contribution in [-0.2, 0) is 22.7 Å². The van der Waals surface area contributed by atoms with Crippen LogP contribution in [0.1, 0.15) is 35.2 Å². The molecule has 4 rings (SSSR count). The van der Waals surface area contributed by atoms with Gasteiger partial charge in [-0.05, 0) is 34.9 Å². The Hall–Kier alpha value is -3.91. The van der Waals surface area contributed by atoms with E-state index in [-0.39, 0.29) is 11.9 Å². The highest BCUT2D eigenvalue weighted by Crippen LogP contribution is 2.37. The maximum atomic E-state index is 12.7. The average Bonchev–Trinajstić information content (AvgIpc) is 3.15. The normalized spacial score (nSPS) is 15.5. The molecule has 1 aromatic heterocycles. The van der Waals surface area contributed by atoms with Gasteiger partial charge in [0.2, 0.25) is 6.41 Å². The summed E-state index contributed by atoms with van der Waals surface area (Å²) in [6.45, 7) is 3.66. The summed E-state index contributed by atoms with van der Waals surface area (Å²) in [6.07, 6.45) is 3.44. The summed E-state index contributed by atoms with van der Waals surface area (Å²) in [7, 11) is 1.47. The summed E-state index contributed by atoms with van der Waals surface area (Å²) in [5, 5.41) is 9.85. The van der Waals surface area contributed by atoms with Crippen LogP contribution in [0.15, 0.2) is 54.6 Å². The van der Waals surface area contributed by atoms with E-state index in [9.17, 15) is 14.4 Å². The number of nitrogens with one attached hydrogen (secondary N) is 1. The lowest BCUT2D eigenvalue weighted by atomic mass is 9.93. The number of carbonyl (C=O) groups is 3. The molecule has 1 unspecified atom stereocenters. The Morgan fingerprint density at radius 1 is 1.21 bits per heavy atom. The molecule has 1 atom stereocenters. The van der Waals surface area contributed by atoms with Crippen molar-refractivity contribution in [3.8, 4) is 0 Å². The Morgan fingerprint density at radius 3 is 2.76 bits per heavy atom. The molecule has 0 fully saturated rings. The Balaban J connectivity index is 1.74. The molecule has 0 spiro atoms. The number of imide groups is 1. The smallest absolute Gasteiger partial charge is 0.326 e. The first-order chi connectivity index (χ1) is 15.9. The molecule has 0 saturated heterocycles. The fourth-order valence-electron chi connectivity index (χ4n) is 4.55. The molecule has 3 aromatic rings. The van der Waals surface area contributed by atoms with Crippen LogP contribution in [0.4, 0.5) is 4.79 Å². The predicted octanol–water partition coefficient (Wildman–Crippen LogP) is 3.34. The monoisotopic (exact) mass is 446 g/mol. The van der Waals surface area contributed by atoms with E-state index in [1.807, 2.05) is 36.4 Å². The van der Waals surface area contributed by atoms with Gasteiger partial charge in [0, 0.05) is 48.7 Å². The summed E-state index contributed by atoms with van der Waals surface area (Å²) >= 11 is 0. The summed E-state index contributed by atoms with van der Waals surface area (Å²) < 4.78 is 2.23. The highest BCUT2D eigenvalue weighted by molar-refractivity contribution is 5.91. The largest absolute Gasteiger partial charge is 0.338 e. The van der Waals surface area contributed by atoms with Crippen molar-refractivity contribution >= 4 is 35.3 Å². The van der Waals surface area contributed by atoms with Crippen LogP contribution in [0.5, 0.6) is 0 Å². The molecule has 1 aliphatic heterocycles. The Morgan fingerprint density at radius 2 is 2.00 bits per heavy atom. The van der Waals surface area contributed by atoms with E-state index in [1.54, 1.807) is 16.5 Å². The molecular weight excluding hydrogens is 420 g/mol. The lowest BCUT2D eigenvalue weighted by Gasteiger charge is -2.33. The van der Waals surface area contributed by atoms with Crippen LogP contribution < -0.4 is 5.48 Å². The summed E-state index contributed by atoms with van der Waals surface area (Å²) in [5.74, 6) is -0.472. The van der Waals surface area contributed by atoms with E-state index in [0.29, 0.717) is 26.0 Å². The van der Waals surface area contributed by atoms with Gasteiger partial charge >= 0.3 is 6.03 Å². The van der Waals surface area contributed by atoms with Gasteiger partial charge in [-0.15, -0.1) is 0 Å². The molecule has 0 bridgehead atoms. The highest BCUT2D eigenvalue weighted by atomic mass is 16.5. The molecule has 8 heteroatoms. The molecule has 0 saturated carbocycles. The van der Waals surface area contributed by atoms with Crippen LogP contribution in [0.25, 0.3) is 17.0 Å². The Kier molecular flexibility index (Phi) is 6.28. The van der Waals surface area contributed by atoms with Crippen molar-refractivity contribution in [1.29, 1.82) is 0 Å². The molecule has 33 heavy (non-hydrogen) atoms. The van der Waals surface area contributed by atoms with Crippen molar-refractivity contribution < 1.29 is 19.6 Å². The number of aromatic nitrogens is 1. The van der Waals surface area contributed by atoms with Crippen molar-refractivity contribution in [2.75, 3.05) is 13.6 Å². The number of urea groups is 1. The third-order valence-corrected chi connectivity index (χ3v) is 6.01. The van der Waals surface area contributed by atoms with Crippen molar-refractivity contribution in [3.63, 3.8) is 0 Å². The van der Waals surface area contributed by atoms with Gasteiger partial charge in [0.15, 0.2) is 0 Å². The first kappa shape index (κ1) is 22.3. The van der Waals surface area contributed by atoms with Crippen LogP contribution in [-0.4, -0.2) is 51.5 Å². The molecular formula is C25H26N4O4. The van der Waals surface area contributed by atoms with Crippen LogP contribution in [0.2, 0.25) is 0 Å². The first-order valence-corrected chi connectivity index (χ1v) is 10.7. The van der Waals surface area contributed by atoms with E-state index in [2.05, 4.69) is 23.6 Å². The molecule has 8 nitrogen and oxygen atoms in total. The number of hydrogen-bond donors (Lipinski definition) is 2. The van der Waals surface area contributed by atoms with E-state index in [0.717, 1.165) is 27.2 Å².